The van der Waals surface area contributed by atoms with Crippen LogP contribution in [0.3, 0.4) is 0 Å². The van der Waals surface area contributed by atoms with Gasteiger partial charge in [-0.3, -0.25) is 10.4 Å². The van der Waals surface area contributed by atoms with Crippen LogP contribution in [-0.2, 0) is 5.41 Å². The van der Waals surface area contributed by atoms with Gasteiger partial charge < -0.3 is 9.80 Å². The maximum absolute atomic E-state index is 13.9. The van der Waals surface area contributed by atoms with Gasteiger partial charge >= 0.3 is 0 Å². The van der Waals surface area contributed by atoms with Crippen LogP contribution in [0, 0.1) is 17.0 Å². The van der Waals surface area contributed by atoms with Gasteiger partial charge in [0.2, 0.25) is 0 Å². The van der Waals surface area contributed by atoms with Crippen molar-refractivity contribution < 1.29 is 8.78 Å². The number of hydrogen-bond donors (Lipinski definition) is 1. The molecular weight excluding hydrogens is 346 g/mol. The van der Waals surface area contributed by atoms with Crippen molar-refractivity contribution in [2.45, 2.75) is 45.3 Å². The maximum Gasteiger partial charge on any atom is 0.173 e. The first kappa shape index (κ1) is 17.6. The lowest BCUT2D eigenvalue weighted by Gasteiger charge is -2.35. The smallest absolute Gasteiger partial charge is 0.173 e. The van der Waals surface area contributed by atoms with Gasteiger partial charge in [0.25, 0.3) is 0 Å². The Morgan fingerprint density at radius 2 is 1.63 bits per heavy atom. The highest BCUT2D eigenvalue weighted by Crippen LogP contribution is 2.50. The number of anilines is 2. The Labute approximate surface area is 157 Å². The van der Waals surface area contributed by atoms with Crippen LogP contribution in [0.4, 0.5) is 20.2 Å². The third-order valence-corrected chi connectivity index (χ3v) is 5.21. The van der Waals surface area contributed by atoms with Crippen LogP contribution in [0.5, 0.6) is 0 Å². The lowest BCUT2D eigenvalue weighted by molar-refractivity contribution is 0.454. The largest absolute Gasteiger partial charge is 0.301 e. The number of fused-ring (bicyclic) bond motifs is 3. The van der Waals surface area contributed by atoms with Gasteiger partial charge in [0.05, 0.1) is 0 Å². The Hall–Kier alpha value is -2.76. The van der Waals surface area contributed by atoms with Crippen molar-refractivity contribution in [1.29, 1.82) is 5.41 Å². The second-order valence-electron chi connectivity index (χ2n) is 7.87. The molecule has 0 aliphatic carbocycles. The summed E-state index contributed by atoms with van der Waals surface area (Å²) in [4.78, 5) is 8.56. The minimum absolute atomic E-state index is 0.000810. The van der Waals surface area contributed by atoms with Gasteiger partial charge in [-0.25, -0.2) is 8.78 Å². The molecule has 0 spiro atoms. The van der Waals surface area contributed by atoms with E-state index in [0.29, 0.717) is 5.84 Å². The molecule has 27 heavy (non-hydrogen) atoms. The Morgan fingerprint density at radius 3 is 2.26 bits per heavy atom. The van der Waals surface area contributed by atoms with Crippen LogP contribution in [0.25, 0.3) is 0 Å². The third-order valence-electron chi connectivity index (χ3n) is 5.21. The summed E-state index contributed by atoms with van der Waals surface area (Å²) in [5.74, 6) is 0.211. The monoisotopic (exact) mass is 368 g/mol. The second kappa shape index (κ2) is 5.87. The van der Waals surface area contributed by atoms with Crippen molar-refractivity contribution in [3.05, 3.63) is 59.7 Å². The first-order valence-electron chi connectivity index (χ1n) is 9.02. The van der Waals surface area contributed by atoms with E-state index in [1.807, 2.05) is 37.5 Å². The van der Waals surface area contributed by atoms with Crippen molar-refractivity contribution in [2.24, 2.45) is 4.99 Å². The van der Waals surface area contributed by atoms with Crippen molar-refractivity contribution in [2.75, 3.05) is 9.80 Å². The zero-order valence-electron chi connectivity index (χ0n) is 15.8. The van der Waals surface area contributed by atoms with Crippen LogP contribution >= 0.6 is 0 Å². The second-order valence-corrected chi connectivity index (χ2v) is 7.87. The van der Waals surface area contributed by atoms with Gasteiger partial charge in [0.1, 0.15) is 17.8 Å². The minimum Gasteiger partial charge on any atom is -0.301 e. The van der Waals surface area contributed by atoms with E-state index in [1.165, 1.54) is 18.2 Å². The van der Waals surface area contributed by atoms with E-state index in [0.717, 1.165) is 16.9 Å². The van der Waals surface area contributed by atoms with E-state index >= 15 is 0 Å². The van der Waals surface area contributed by atoms with Crippen LogP contribution in [-0.4, -0.2) is 23.9 Å². The Balaban J connectivity index is 1.94. The lowest BCUT2D eigenvalue weighted by Crippen LogP contribution is -2.48. The number of halogens is 2. The maximum atomic E-state index is 13.9. The lowest BCUT2D eigenvalue weighted by atomic mass is 9.83. The molecule has 4 nitrogen and oxygen atoms in total. The van der Waals surface area contributed by atoms with Gasteiger partial charge in [-0.2, -0.15) is 0 Å². The fraction of sp³-hybridized carbons (Fsp3) is 0.333. The first-order valence-corrected chi connectivity index (χ1v) is 9.02. The fourth-order valence-electron chi connectivity index (χ4n) is 4.08. The topological polar surface area (TPSA) is 42.7 Å². The van der Waals surface area contributed by atoms with Crippen LogP contribution < -0.4 is 9.80 Å². The summed E-state index contributed by atoms with van der Waals surface area (Å²) < 4.78 is 27.4. The average molecular weight is 368 g/mol. The highest BCUT2D eigenvalue weighted by atomic mass is 19.1. The number of hydrogen-bond acceptors (Lipinski definition) is 2. The molecule has 0 amide bonds. The molecule has 1 atom stereocenters. The summed E-state index contributed by atoms with van der Waals surface area (Å²) in [5, 5.41) is 8.80. The molecule has 0 bridgehead atoms. The molecule has 2 aliphatic heterocycles. The van der Waals surface area contributed by atoms with E-state index in [-0.39, 0.29) is 29.7 Å². The molecule has 1 saturated heterocycles. The van der Waals surface area contributed by atoms with E-state index in [9.17, 15) is 8.78 Å². The average Bonchev–Trinajstić information content (AvgIpc) is 3.00. The molecule has 1 fully saturated rings. The highest BCUT2D eigenvalue weighted by molar-refractivity contribution is 6.52. The molecule has 6 heteroatoms. The molecule has 1 unspecified atom stereocenters. The van der Waals surface area contributed by atoms with E-state index in [4.69, 9.17) is 5.41 Å². The van der Waals surface area contributed by atoms with Gasteiger partial charge in [0, 0.05) is 22.8 Å². The Bertz CT molecular complexity index is 947. The molecule has 2 heterocycles. The SMILES string of the molecule is CC(C)/N=C1\C(=N)N2c3ccc(F)cc3C(C)(C)C2N1c1ccc(F)cc1. The standard InChI is InChI=1S/C21H22F2N4/c1-12(2)25-19-18(24)27-17-10-7-14(23)11-16(17)21(3,4)20(27)26(19)15-8-5-13(22)6-9-15/h5-12,20,24H,1-4H3/b24-18?,25-19+. The van der Waals surface area contributed by atoms with E-state index in [1.54, 1.807) is 24.3 Å². The van der Waals surface area contributed by atoms with Gasteiger partial charge in [-0.15, -0.1) is 0 Å². The Morgan fingerprint density at radius 1 is 1.00 bits per heavy atom. The van der Waals surface area contributed by atoms with Crippen LogP contribution in [0.2, 0.25) is 0 Å². The Kier molecular flexibility index (Phi) is 3.84. The number of aliphatic imine (C=N–C) groups is 1. The van der Waals surface area contributed by atoms with Crippen molar-refractivity contribution in [3.8, 4) is 0 Å². The number of nitrogens with one attached hydrogen (secondary N) is 1. The predicted molar refractivity (Wildman–Crippen MR) is 105 cm³/mol. The normalized spacial score (nSPS) is 22.0. The van der Waals surface area contributed by atoms with E-state index < -0.39 is 5.41 Å². The summed E-state index contributed by atoms with van der Waals surface area (Å²) in [5.41, 5.74) is 1.96. The summed E-state index contributed by atoms with van der Waals surface area (Å²) in [6.45, 7) is 8.00. The van der Waals surface area contributed by atoms with Crippen molar-refractivity contribution in [3.63, 3.8) is 0 Å². The molecule has 1 N–H and O–H groups in total. The van der Waals surface area contributed by atoms with Gasteiger partial charge in [-0.1, -0.05) is 13.8 Å². The van der Waals surface area contributed by atoms with E-state index in [2.05, 4.69) is 4.99 Å². The molecule has 2 aromatic carbocycles. The van der Waals surface area contributed by atoms with Crippen molar-refractivity contribution in [1.82, 2.24) is 0 Å². The molecule has 4 rings (SSSR count). The van der Waals surface area contributed by atoms with Crippen molar-refractivity contribution >= 4 is 23.0 Å². The molecular formula is C21H22F2N4. The third kappa shape index (κ3) is 2.54. The minimum atomic E-state index is -0.466. The highest BCUT2D eigenvalue weighted by Gasteiger charge is 2.56. The van der Waals surface area contributed by atoms with Crippen LogP contribution in [0.15, 0.2) is 47.5 Å². The first-order chi connectivity index (χ1) is 12.7. The molecule has 0 saturated carbocycles. The molecule has 2 aromatic rings. The molecule has 0 radical (unpaired) electrons. The molecule has 2 aliphatic rings. The fourth-order valence-corrected chi connectivity index (χ4v) is 4.08. The van der Waals surface area contributed by atoms with Crippen LogP contribution in [0.1, 0.15) is 33.3 Å². The predicted octanol–water partition coefficient (Wildman–Crippen LogP) is 4.69. The molecule has 0 aromatic heterocycles. The van der Waals surface area contributed by atoms with Gasteiger partial charge in [0.15, 0.2) is 11.7 Å². The number of rotatable bonds is 2. The zero-order valence-corrected chi connectivity index (χ0v) is 15.8. The zero-order chi connectivity index (χ0) is 19.5. The summed E-state index contributed by atoms with van der Waals surface area (Å²) in [7, 11) is 0. The quantitative estimate of drug-likeness (QED) is 0.835. The number of amidine groups is 2. The number of nitrogens with zero attached hydrogens (tertiary/aromatic N) is 3. The summed E-state index contributed by atoms with van der Waals surface area (Å²) in [6, 6.07) is 10.9. The molecule has 140 valence electrons. The summed E-state index contributed by atoms with van der Waals surface area (Å²) in [6.07, 6.45) is -0.273. The number of benzene rings is 2. The summed E-state index contributed by atoms with van der Waals surface area (Å²) >= 11 is 0. The van der Waals surface area contributed by atoms with Gasteiger partial charge in [-0.05, 0) is 61.9 Å².